The molecule has 2 aromatic carbocycles. The number of carbonyl (C=O) groups excluding carboxylic acids is 1. The van der Waals surface area contributed by atoms with Gasteiger partial charge in [0.2, 0.25) is 0 Å². The quantitative estimate of drug-likeness (QED) is 0.0767. The zero-order valence-corrected chi connectivity index (χ0v) is 35.3. The monoisotopic (exact) mass is 804 g/mol. The Bertz CT molecular complexity index is 2320. The summed E-state index contributed by atoms with van der Waals surface area (Å²) in [4.78, 5) is 32.4. The second-order valence-corrected chi connectivity index (χ2v) is 18.2. The molecule has 0 radical (unpaired) electrons. The molecule has 4 atom stereocenters. The number of benzene rings is 2. The summed E-state index contributed by atoms with van der Waals surface area (Å²) in [7, 11) is 3.93. The SMILES string of the molecule is CN(C(=O)OC(C)(C)C)C1CCCC(c2c[nH]c3ccc(N=C(N)c4cccs4)cc23)C1.CNC1CCCC(c2c[nH]c3ccc(N=C(N)c4cccs4)cc23)C1. The van der Waals surface area contributed by atoms with Gasteiger partial charge in [-0.15, -0.1) is 22.7 Å². The van der Waals surface area contributed by atoms with E-state index in [-0.39, 0.29) is 12.1 Å². The third kappa shape index (κ3) is 9.80. The number of fused-ring (bicyclic) bond motifs is 2. The normalized spacial score (nSPS) is 20.6. The lowest BCUT2D eigenvalue weighted by Gasteiger charge is -2.36. The first-order valence-corrected chi connectivity index (χ1v) is 21.8. The summed E-state index contributed by atoms with van der Waals surface area (Å²) < 4.78 is 5.59. The summed E-state index contributed by atoms with van der Waals surface area (Å²) >= 11 is 3.20. The van der Waals surface area contributed by atoms with E-state index < -0.39 is 5.60 Å². The van der Waals surface area contributed by atoms with Gasteiger partial charge in [-0.3, -0.25) is 0 Å². The molecule has 1 amide bonds. The Kier molecular flexibility index (Phi) is 12.5. The molecule has 2 fully saturated rings. The lowest BCUT2D eigenvalue weighted by atomic mass is 9.81. The zero-order chi connectivity index (χ0) is 40.1. The predicted octanol–water partition coefficient (Wildman–Crippen LogP) is 10.7. The molecule has 0 bridgehead atoms. The van der Waals surface area contributed by atoms with Crippen molar-refractivity contribution in [3.63, 3.8) is 0 Å². The third-order valence-electron chi connectivity index (χ3n) is 11.3. The van der Waals surface area contributed by atoms with Crippen molar-refractivity contribution >= 4 is 73.6 Å². The summed E-state index contributed by atoms with van der Waals surface area (Å²) in [6, 6.07) is 21.2. The standard InChI is InChI=1S/C25H32N4O2S.C20H24N4S/c1-25(2,3)31-24(30)29(4)18-8-5-7-16(13-18)20-15-27-21-11-10-17(14-19(20)21)28-23(26)22-9-6-12-32-22;1-22-14-5-2-4-13(10-14)17-12-23-18-8-7-15(11-16(17)18)24-20(21)19-6-3-9-25-19/h6,9-12,14-16,18,27H,5,7-8,13H2,1-4H3,(H2,26,28);3,6-9,11-14,22-23H,2,4-5,10H2,1H3,(H2,21,24). The summed E-state index contributed by atoms with van der Waals surface area (Å²) in [6.45, 7) is 5.71. The van der Waals surface area contributed by atoms with Crippen LogP contribution < -0.4 is 16.8 Å². The first-order valence-electron chi connectivity index (χ1n) is 20.1. The first-order chi connectivity index (χ1) is 27.5. The Hall–Kier alpha value is -4.91. The molecule has 0 aliphatic heterocycles. The molecule has 4 heterocycles. The van der Waals surface area contributed by atoms with Gasteiger partial charge in [-0.2, -0.15) is 0 Å². The van der Waals surface area contributed by atoms with Crippen molar-refractivity contribution in [1.29, 1.82) is 0 Å². The predicted molar refractivity (Wildman–Crippen MR) is 239 cm³/mol. The average Bonchev–Trinajstić information content (AvgIpc) is 4.05. The van der Waals surface area contributed by atoms with Gasteiger partial charge in [0.15, 0.2) is 0 Å². The van der Waals surface area contributed by atoms with Crippen LogP contribution >= 0.6 is 22.7 Å². The molecular weight excluding hydrogens is 749 g/mol. The smallest absolute Gasteiger partial charge is 0.410 e. The van der Waals surface area contributed by atoms with Crippen molar-refractivity contribution in [2.45, 2.75) is 102 Å². The van der Waals surface area contributed by atoms with Gasteiger partial charge in [-0.25, -0.2) is 14.8 Å². The number of amides is 1. The van der Waals surface area contributed by atoms with E-state index in [9.17, 15) is 4.79 Å². The minimum atomic E-state index is -0.488. The number of hydrogen-bond acceptors (Lipinski definition) is 7. The molecular formula is C45H56N8O2S2. The van der Waals surface area contributed by atoms with Crippen molar-refractivity contribution in [2.75, 3.05) is 14.1 Å². The Balaban J connectivity index is 0.000000179. The Morgan fingerprint density at radius 1 is 0.789 bits per heavy atom. The van der Waals surface area contributed by atoms with Crippen LogP contribution in [0.4, 0.5) is 16.2 Å². The molecule has 6 aromatic rings. The number of aromatic nitrogens is 2. The maximum absolute atomic E-state index is 12.6. The van der Waals surface area contributed by atoms with Crippen LogP contribution in [0, 0.1) is 0 Å². The lowest BCUT2D eigenvalue weighted by Crippen LogP contribution is -2.42. The van der Waals surface area contributed by atoms with Gasteiger partial charge in [0.25, 0.3) is 0 Å². The molecule has 4 unspecified atom stereocenters. The van der Waals surface area contributed by atoms with Gasteiger partial charge < -0.3 is 36.4 Å². The number of nitrogens with zero attached hydrogens (tertiary/aromatic N) is 3. The number of H-pyrrole nitrogens is 2. The minimum absolute atomic E-state index is 0.171. The van der Waals surface area contributed by atoms with Crippen LogP contribution in [-0.4, -0.2) is 64.4 Å². The van der Waals surface area contributed by atoms with E-state index in [1.54, 1.807) is 27.6 Å². The molecule has 0 spiro atoms. The molecule has 2 saturated carbocycles. The van der Waals surface area contributed by atoms with Crippen LogP contribution in [0.2, 0.25) is 0 Å². The molecule has 10 nitrogen and oxygen atoms in total. The maximum atomic E-state index is 12.6. The molecule has 2 aliphatic carbocycles. The summed E-state index contributed by atoms with van der Waals surface area (Å²) in [5.41, 5.74) is 18.6. The second-order valence-electron chi connectivity index (χ2n) is 16.4. The summed E-state index contributed by atoms with van der Waals surface area (Å²) in [6.07, 6.45) is 13.2. The van der Waals surface area contributed by atoms with E-state index in [0.29, 0.717) is 29.5 Å². The Labute approximate surface area is 343 Å². The molecule has 300 valence electrons. The summed E-state index contributed by atoms with van der Waals surface area (Å²) in [5, 5.41) is 9.93. The zero-order valence-electron chi connectivity index (χ0n) is 33.7. The maximum Gasteiger partial charge on any atom is 0.410 e. The molecule has 4 aromatic heterocycles. The molecule has 12 heteroatoms. The van der Waals surface area contributed by atoms with Crippen LogP contribution in [0.1, 0.15) is 105 Å². The number of nitrogens with two attached hydrogens (primary N) is 2. The highest BCUT2D eigenvalue weighted by Gasteiger charge is 2.32. The van der Waals surface area contributed by atoms with Crippen molar-refractivity contribution in [3.8, 4) is 0 Å². The van der Waals surface area contributed by atoms with Crippen molar-refractivity contribution < 1.29 is 9.53 Å². The van der Waals surface area contributed by atoms with Crippen LogP contribution in [0.5, 0.6) is 0 Å². The van der Waals surface area contributed by atoms with Gasteiger partial charge >= 0.3 is 6.09 Å². The van der Waals surface area contributed by atoms with E-state index >= 15 is 0 Å². The molecule has 7 N–H and O–H groups in total. The van der Waals surface area contributed by atoms with E-state index in [4.69, 9.17) is 16.2 Å². The van der Waals surface area contributed by atoms with Crippen LogP contribution in [0.25, 0.3) is 21.8 Å². The van der Waals surface area contributed by atoms with Crippen LogP contribution in [-0.2, 0) is 4.74 Å². The van der Waals surface area contributed by atoms with Crippen molar-refractivity contribution in [1.82, 2.24) is 20.2 Å². The fourth-order valence-corrected chi connectivity index (χ4v) is 9.58. The van der Waals surface area contributed by atoms with Crippen LogP contribution in [0.3, 0.4) is 0 Å². The lowest BCUT2D eigenvalue weighted by molar-refractivity contribution is 0.0180. The minimum Gasteiger partial charge on any atom is -0.444 e. The first kappa shape index (κ1) is 40.3. The topological polar surface area (TPSA) is 150 Å². The molecule has 8 rings (SSSR count). The Morgan fingerprint density at radius 2 is 1.32 bits per heavy atom. The van der Waals surface area contributed by atoms with Crippen molar-refractivity contribution in [2.24, 2.45) is 21.5 Å². The number of thiophene rings is 2. The van der Waals surface area contributed by atoms with Gasteiger partial charge in [0.1, 0.15) is 17.3 Å². The highest BCUT2D eigenvalue weighted by Crippen LogP contribution is 2.40. The third-order valence-corrected chi connectivity index (χ3v) is 13.1. The average molecular weight is 805 g/mol. The van der Waals surface area contributed by atoms with Crippen LogP contribution in [0.15, 0.2) is 93.8 Å². The highest BCUT2D eigenvalue weighted by molar-refractivity contribution is 7.12. The van der Waals surface area contributed by atoms with Gasteiger partial charge in [0.05, 0.1) is 21.1 Å². The number of aromatic amines is 2. The number of ether oxygens (including phenoxy) is 1. The van der Waals surface area contributed by atoms with E-state index in [1.807, 2.05) is 75.0 Å². The molecule has 0 saturated heterocycles. The molecule has 2 aliphatic rings. The second kappa shape index (κ2) is 17.7. The number of aliphatic imine (C=N–C) groups is 2. The number of carbonyl (C=O) groups is 1. The van der Waals surface area contributed by atoms with Gasteiger partial charge in [-0.1, -0.05) is 25.0 Å². The van der Waals surface area contributed by atoms with E-state index in [0.717, 1.165) is 52.3 Å². The largest absolute Gasteiger partial charge is 0.444 e. The fourth-order valence-electron chi connectivity index (χ4n) is 8.33. The number of amidine groups is 2. The Morgan fingerprint density at radius 3 is 1.81 bits per heavy atom. The van der Waals surface area contributed by atoms with E-state index in [1.165, 1.54) is 53.1 Å². The summed E-state index contributed by atoms with van der Waals surface area (Å²) in [5.74, 6) is 2.10. The van der Waals surface area contributed by atoms with Gasteiger partial charge in [0, 0.05) is 53.3 Å². The highest BCUT2D eigenvalue weighted by atomic mass is 32.1. The molecule has 57 heavy (non-hydrogen) atoms. The van der Waals surface area contributed by atoms with Gasteiger partial charge in [-0.05, 0) is 149 Å². The fraction of sp³-hybridized carbons (Fsp3) is 0.400. The van der Waals surface area contributed by atoms with Crippen molar-refractivity contribution in [3.05, 3.63) is 105 Å². The van der Waals surface area contributed by atoms with E-state index in [2.05, 4.69) is 69.0 Å². The number of nitrogens with one attached hydrogen (secondary N) is 3. The number of hydrogen-bond donors (Lipinski definition) is 5. The number of rotatable bonds is 8.